The molecule has 0 bridgehead atoms. The van der Waals surface area contributed by atoms with E-state index in [2.05, 4.69) is 59.2 Å². The fourth-order valence-electron chi connectivity index (χ4n) is 9.67. The second kappa shape index (κ2) is 15.1. The summed E-state index contributed by atoms with van der Waals surface area (Å²) in [5.41, 5.74) is 6.85. The first kappa shape index (κ1) is 34.8. The molecular weight excluding hydrogens is 558 g/mol. The van der Waals surface area contributed by atoms with Crippen molar-refractivity contribution >= 4 is 11.9 Å². The quantitative estimate of drug-likeness (QED) is 0.246. The van der Waals surface area contributed by atoms with Crippen LogP contribution < -0.4 is 5.73 Å². The number of likely N-dealkylation sites (tertiary alicyclic amines) is 1. The van der Waals surface area contributed by atoms with Crippen LogP contribution >= 0.6 is 0 Å². The molecule has 5 aliphatic rings. The number of guanidine groups is 2. The number of hydrogen-bond acceptors (Lipinski definition) is 6. The van der Waals surface area contributed by atoms with E-state index in [4.69, 9.17) is 5.73 Å². The van der Waals surface area contributed by atoms with Crippen molar-refractivity contribution in [2.45, 2.75) is 155 Å². The molecule has 4 fully saturated rings. The van der Waals surface area contributed by atoms with Crippen molar-refractivity contribution in [3.8, 4) is 0 Å². The Hall–Kier alpha value is -1.54. The smallest absolute Gasteiger partial charge is 0.194 e. The van der Waals surface area contributed by atoms with Crippen LogP contribution in [-0.4, -0.2) is 106 Å². The Labute approximate surface area is 276 Å². The Balaban J connectivity index is 1.29. The molecule has 0 amide bonds. The first-order chi connectivity index (χ1) is 21.4. The highest BCUT2D eigenvalue weighted by Gasteiger charge is 2.44. The van der Waals surface area contributed by atoms with Crippen molar-refractivity contribution in [3.05, 3.63) is 0 Å². The van der Waals surface area contributed by atoms with Gasteiger partial charge in [-0.25, -0.2) is 0 Å². The van der Waals surface area contributed by atoms with Gasteiger partial charge in [-0.1, -0.05) is 66.7 Å². The number of nitrogens with two attached hydrogens (primary N) is 1. The third-order valence-corrected chi connectivity index (χ3v) is 12.5. The Morgan fingerprint density at radius 1 is 0.867 bits per heavy atom. The monoisotopic (exact) mass is 628 g/mol. The lowest BCUT2D eigenvalue weighted by Gasteiger charge is -2.40. The second-order valence-electron chi connectivity index (χ2n) is 17.3. The normalized spacial score (nSPS) is 32.2. The number of aliphatic hydroxyl groups excluding tert-OH is 1. The molecule has 0 radical (unpaired) electrons. The van der Waals surface area contributed by atoms with E-state index in [0.717, 1.165) is 63.5 Å². The lowest BCUT2D eigenvalue weighted by molar-refractivity contribution is 0.0854. The summed E-state index contributed by atoms with van der Waals surface area (Å²) in [4.78, 5) is 14.6. The first-order valence-corrected chi connectivity index (χ1v) is 19.0. The predicted molar refractivity (Wildman–Crippen MR) is 188 cm³/mol. The Morgan fingerprint density at radius 3 is 2.22 bits per heavy atom. The second-order valence-corrected chi connectivity index (χ2v) is 17.3. The molecule has 0 aromatic carbocycles. The van der Waals surface area contributed by atoms with E-state index in [0.29, 0.717) is 41.3 Å². The highest BCUT2D eigenvalue weighted by atomic mass is 16.3. The van der Waals surface area contributed by atoms with Crippen LogP contribution in [0.3, 0.4) is 0 Å². The third kappa shape index (κ3) is 8.69. The third-order valence-electron chi connectivity index (χ3n) is 12.5. The van der Waals surface area contributed by atoms with Crippen molar-refractivity contribution < 1.29 is 5.11 Å². The van der Waals surface area contributed by atoms with E-state index >= 15 is 0 Å². The number of aliphatic hydroxyl groups is 1. The minimum absolute atomic E-state index is 0.0125. The van der Waals surface area contributed by atoms with Crippen molar-refractivity contribution in [2.75, 3.05) is 39.3 Å². The van der Waals surface area contributed by atoms with Gasteiger partial charge in [-0.05, 0) is 93.9 Å². The highest BCUT2D eigenvalue weighted by Crippen LogP contribution is 2.41. The van der Waals surface area contributed by atoms with Gasteiger partial charge in [0.1, 0.15) is 0 Å². The molecule has 0 aromatic heterocycles. The maximum atomic E-state index is 11.0. The standard InChI is InChI=1S/C37H69N7O/c1-26(2)19-32-21-40-35(38)42(32)24-31-13-10-18-41(31)23-33(20-28-11-8-7-9-12-28)43-25-34(27(3)45)44(36(43)39)22-29-14-16-30(17-15-29)37(4,5)6/h26-34,39,45H,7-25H2,1-6H3,(H2,38,40)/t27-,29?,30?,31+,32-,33-,34+/m1/s1. The van der Waals surface area contributed by atoms with Crippen molar-refractivity contribution in [1.29, 1.82) is 5.41 Å². The van der Waals surface area contributed by atoms with Crippen LogP contribution in [0.4, 0.5) is 0 Å². The summed E-state index contributed by atoms with van der Waals surface area (Å²) >= 11 is 0. The van der Waals surface area contributed by atoms with Crippen LogP contribution in [0.5, 0.6) is 0 Å². The summed E-state index contributed by atoms with van der Waals surface area (Å²) in [5.74, 6) is 4.23. The van der Waals surface area contributed by atoms with Crippen LogP contribution in [0.2, 0.25) is 0 Å². The first-order valence-electron chi connectivity index (χ1n) is 19.0. The van der Waals surface area contributed by atoms with Gasteiger partial charge in [-0.3, -0.25) is 15.3 Å². The van der Waals surface area contributed by atoms with Gasteiger partial charge in [0.25, 0.3) is 0 Å². The van der Waals surface area contributed by atoms with Gasteiger partial charge in [0.05, 0.1) is 24.7 Å². The maximum absolute atomic E-state index is 11.0. The lowest BCUT2D eigenvalue weighted by atomic mass is 9.70. The SMILES string of the molecule is CC(C)C[C@@H]1CN=C(N)N1C[C@@H]1CCCN1C[C@@H](CC1CCCCC1)N1C[C@@H]([C@@H](C)O)N(CC2CCC(C(C)(C)C)CC2)C1=N. The van der Waals surface area contributed by atoms with Gasteiger partial charge in [-0.15, -0.1) is 0 Å². The van der Waals surface area contributed by atoms with E-state index in [1.807, 2.05) is 6.92 Å². The average molecular weight is 628 g/mol. The molecule has 5 atom stereocenters. The zero-order valence-electron chi connectivity index (χ0n) is 29.9. The summed E-state index contributed by atoms with van der Waals surface area (Å²) in [5, 5.41) is 20.6. The van der Waals surface area contributed by atoms with E-state index in [9.17, 15) is 10.5 Å². The highest BCUT2D eigenvalue weighted by molar-refractivity contribution is 5.80. The lowest BCUT2D eigenvalue weighted by Crippen LogP contribution is -2.52. The summed E-state index contributed by atoms with van der Waals surface area (Å²) < 4.78 is 0. The van der Waals surface area contributed by atoms with Crippen LogP contribution in [0.15, 0.2) is 4.99 Å². The van der Waals surface area contributed by atoms with Gasteiger partial charge < -0.3 is 25.5 Å². The largest absolute Gasteiger partial charge is 0.391 e. The molecule has 5 rings (SSSR count). The molecule has 2 saturated heterocycles. The minimum Gasteiger partial charge on any atom is -0.391 e. The molecule has 2 saturated carbocycles. The van der Waals surface area contributed by atoms with Gasteiger partial charge in [-0.2, -0.15) is 0 Å². The van der Waals surface area contributed by atoms with E-state index in [1.54, 1.807) is 0 Å². The molecule has 2 aliphatic carbocycles. The van der Waals surface area contributed by atoms with Crippen LogP contribution in [0.1, 0.15) is 125 Å². The minimum atomic E-state index is -0.438. The summed E-state index contributed by atoms with van der Waals surface area (Å²) in [7, 11) is 0. The molecule has 0 spiro atoms. The number of nitrogens with zero attached hydrogens (tertiary/aromatic N) is 5. The molecule has 8 heteroatoms. The Bertz CT molecular complexity index is 978. The molecule has 0 unspecified atom stereocenters. The molecule has 4 N–H and O–H groups in total. The van der Waals surface area contributed by atoms with Gasteiger partial charge in [0.15, 0.2) is 11.9 Å². The number of aliphatic imine (C=N–C) groups is 1. The van der Waals surface area contributed by atoms with Crippen LogP contribution in [0.25, 0.3) is 0 Å². The van der Waals surface area contributed by atoms with Crippen LogP contribution in [-0.2, 0) is 0 Å². The zero-order chi connectivity index (χ0) is 32.3. The fourth-order valence-corrected chi connectivity index (χ4v) is 9.67. The molecule has 0 aromatic rings. The Morgan fingerprint density at radius 2 is 1.58 bits per heavy atom. The molecule has 45 heavy (non-hydrogen) atoms. The van der Waals surface area contributed by atoms with E-state index < -0.39 is 6.10 Å². The van der Waals surface area contributed by atoms with E-state index in [1.165, 1.54) is 77.0 Å². The van der Waals surface area contributed by atoms with Crippen molar-refractivity contribution in [2.24, 2.45) is 39.8 Å². The molecule has 3 aliphatic heterocycles. The topological polar surface area (TPSA) is 95.4 Å². The predicted octanol–water partition coefficient (Wildman–Crippen LogP) is 5.99. The average Bonchev–Trinajstić information content (AvgIpc) is 3.67. The summed E-state index contributed by atoms with van der Waals surface area (Å²) in [6, 6.07) is 1.24. The summed E-state index contributed by atoms with van der Waals surface area (Å²) in [6.45, 7) is 19.4. The number of rotatable bonds is 12. The molecular formula is C37H69N7O. The number of hydrogen-bond donors (Lipinski definition) is 3. The summed E-state index contributed by atoms with van der Waals surface area (Å²) in [6.07, 6.45) is 16.2. The van der Waals surface area contributed by atoms with Crippen molar-refractivity contribution in [3.63, 3.8) is 0 Å². The maximum Gasteiger partial charge on any atom is 0.194 e. The van der Waals surface area contributed by atoms with Gasteiger partial charge in [0.2, 0.25) is 0 Å². The number of nitrogens with one attached hydrogen (secondary N) is 1. The zero-order valence-corrected chi connectivity index (χ0v) is 29.9. The van der Waals surface area contributed by atoms with Gasteiger partial charge >= 0.3 is 0 Å². The van der Waals surface area contributed by atoms with E-state index in [-0.39, 0.29) is 6.04 Å². The molecule has 3 heterocycles. The van der Waals surface area contributed by atoms with Crippen LogP contribution in [0, 0.1) is 34.5 Å². The van der Waals surface area contributed by atoms with Gasteiger partial charge in [0, 0.05) is 38.3 Å². The fraction of sp³-hybridized carbons (Fsp3) is 0.946. The van der Waals surface area contributed by atoms with Crippen molar-refractivity contribution in [1.82, 2.24) is 19.6 Å². The Kier molecular flexibility index (Phi) is 11.7. The molecule has 258 valence electrons. The molecule has 8 nitrogen and oxygen atoms in total.